The predicted molar refractivity (Wildman–Crippen MR) is 229 cm³/mol. The molecule has 0 radical (unpaired) electrons. The molecule has 0 unspecified atom stereocenters. The van der Waals surface area contributed by atoms with E-state index in [1.807, 2.05) is 60.7 Å². The van der Waals surface area contributed by atoms with Gasteiger partial charge in [0.15, 0.2) is 0 Å². The van der Waals surface area contributed by atoms with E-state index >= 15 is 0 Å². The Labute approximate surface area is 345 Å². The number of rotatable bonds is 12. The van der Waals surface area contributed by atoms with Crippen LogP contribution in [0.1, 0.15) is 64.4 Å². The largest absolute Gasteiger partial charge is 0.462 e. The molecule has 0 spiro atoms. The maximum atomic E-state index is 13.8. The van der Waals surface area contributed by atoms with Crippen molar-refractivity contribution < 1.29 is 33.4 Å². The summed E-state index contributed by atoms with van der Waals surface area (Å²) >= 11 is 2.49. The molecule has 5 aromatic rings. The molecule has 0 fully saturated rings. The van der Waals surface area contributed by atoms with Crippen LogP contribution in [0, 0.1) is 0 Å². The number of fused-ring (bicyclic) bond motifs is 1. The molecule has 298 valence electrons. The number of hydrogen-bond donors (Lipinski definition) is 3. The molecule has 0 saturated carbocycles. The van der Waals surface area contributed by atoms with Gasteiger partial charge in [0.2, 0.25) is 5.91 Å². The molecule has 1 aliphatic heterocycles. The van der Waals surface area contributed by atoms with Gasteiger partial charge in [-0.15, -0.1) is 23.1 Å². The normalized spacial score (nSPS) is 12.6. The highest BCUT2D eigenvalue weighted by atomic mass is 32.2. The molecular weight excluding hydrogens is 773 g/mol. The highest BCUT2D eigenvalue weighted by Gasteiger charge is 2.32. The van der Waals surface area contributed by atoms with Crippen LogP contribution in [0.4, 0.5) is 15.5 Å². The van der Waals surface area contributed by atoms with Gasteiger partial charge in [0.25, 0.3) is 11.8 Å². The molecule has 58 heavy (non-hydrogen) atoms. The van der Waals surface area contributed by atoms with E-state index in [1.165, 1.54) is 23.1 Å². The topological polar surface area (TPSA) is 143 Å². The molecule has 13 heteroatoms. The van der Waals surface area contributed by atoms with Gasteiger partial charge >= 0.3 is 12.1 Å². The van der Waals surface area contributed by atoms with Crippen molar-refractivity contribution in [2.45, 2.75) is 51.2 Å². The Morgan fingerprint density at radius 2 is 1.53 bits per heavy atom. The van der Waals surface area contributed by atoms with Crippen molar-refractivity contribution in [2.24, 2.45) is 0 Å². The van der Waals surface area contributed by atoms with Crippen LogP contribution in [0.25, 0.3) is 17.2 Å². The van der Waals surface area contributed by atoms with E-state index in [2.05, 4.69) is 16.0 Å². The number of nitrogens with one attached hydrogen (secondary N) is 3. The highest BCUT2D eigenvalue weighted by molar-refractivity contribution is 8.00. The van der Waals surface area contributed by atoms with Crippen LogP contribution in [-0.2, 0) is 32.0 Å². The van der Waals surface area contributed by atoms with E-state index < -0.39 is 29.5 Å². The fourth-order valence-electron chi connectivity index (χ4n) is 6.08. The monoisotopic (exact) mass is 816 g/mol. The Morgan fingerprint density at radius 1 is 0.845 bits per heavy atom. The van der Waals surface area contributed by atoms with Gasteiger partial charge in [0.1, 0.15) is 16.3 Å². The second-order valence-electron chi connectivity index (χ2n) is 14.3. The molecule has 3 N–H and O–H groups in total. The van der Waals surface area contributed by atoms with Crippen molar-refractivity contribution in [1.29, 1.82) is 0 Å². The van der Waals surface area contributed by atoms with Crippen molar-refractivity contribution in [3.05, 3.63) is 142 Å². The molecule has 0 saturated heterocycles. The Hall–Kier alpha value is -6.18. The standard InChI is InChI=1S/C45H44N4O7S2/c1-5-55-43(53)39-35-23-24-49(44(54)56-45(2,3)4)27-37(35)58-42(39)48-38(50)28-57-34-18-12-17-33(26-34)46-41(52)36(47-40(51)32-15-10-7-11-16-32)25-29-19-21-31(22-20-29)30-13-8-6-9-14-30/h6-22,25-26H,5,23-24,27-28H2,1-4H3,(H,46,52)(H,47,51)(H,48,50)/b36-25+. The molecule has 2 heterocycles. The fraction of sp³-hybridized carbons (Fsp3) is 0.222. The minimum atomic E-state index is -0.651. The molecule has 0 aliphatic carbocycles. The van der Waals surface area contributed by atoms with E-state index in [9.17, 15) is 24.0 Å². The summed E-state index contributed by atoms with van der Waals surface area (Å²) < 4.78 is 10.9. The highest BCUT2D eigenvalue weighted by Crippen LogP contribution is 2.38. The van der Waals surface area contributed by atoms with Gasteiger partial charge in [-0.05, 0) is 92.8 Å². The third-order valence-electron chi connectivity index (χ3n) is 8.76. The third-order valence-corrected chi connectivity index (χ3v) is 10.9. The predicted octanol–water partition coefficient (Wildman–Crippen LogP) is 9.03. The average molecular weight is 817 g/mol. The van der Waals surface area contributed by atoms with Crippen LogP contribution >= 0.6 is 23.1 Å². The van der Waals surface area contributed by atoms with Gasteiger partial charge in [-0.25, -0.2) is 9.59 Å². The zero-order valence-corrected chi connectivity index (χ0v) is 34.3. The van der Waals surface area contributed by atoms with Crippen molar-refractivity contribution in [1.82, 2.24) is 10.2 Å². The lowest BCUT2D eigenvalue weighted by Gasteiger charge is -2.30. The van der Waals surface area contributed by atoms with Crippen molar-refractivity contribution in [2.75, 3.05) is 29.5 Å². The zero-order chi connectivity index (χ0) is 41.2. The van der Waals surface area contributed by atoms with Crippen molar-refractivity contribution >= 4 is 69.6 Å². The number of nitrogens with zero attached hydrogens (tertiary/aromatic N) is 1. The van der Waals surface area contributed by atoms with E-state index in [0.717, 1.165) is 21.6 Å². The third kappa shape index (κ3) is 11.0. The number of ether oxygens (including phenoxy) is 2. The zero-order valence-electron chi connectivity index (χ0n) is 32.6. The summed E-state index contributed by atoms with van der Waals surface area (Å²) in [5, 5.41) is 8.92. The van der Waals surface area contributed by atoms with Crippen LogP contribution in [0.15, 0.2) is 120 Å². The molecule has 1 aromatic heterocycles. The van der Waals surface area contributed by atoms with E-state index in [-0.39, 0.29) is 30.5 Å². The van der Waals surface area contributed by atoms with Gasteiger partial charge in [-0.1, -0.05) is 78.9 Å². The van der Waals surface area contributed by atoms with Gasteiger partial charge < -0.3 is 30.3 Å². The number of esters is 1. The summed E-state index contributed by atoms with van der Waals surface area (Å²) in [7, 11) is 0. The van der Waals surface area contributed by atoms with Crippen LogP contribution in [0.3, 0.4) is 0 Å². The maximum Gasteiger partial charge on any atom is 0.410 e. The first-order chi connectivity index (χ1) is 27.9. The lowest BCUT2D eigenvalue weighted by Crippen LogP contribution is -2.39. The minimum absolute atomic E-state index is 0.00350. The Bertz CT molecular complexity index is 2320. The molecular formula is C45H44N4O7S2. The number of anilines is 2. The second-order valence-corrected chi connectivity index (χ2v) is 16.4. The first-order valence-electron chi connectivity index (χ1n) is 18.7. The average Bonchev–Trinajstić information content (AvgIpc) is 3.57. The number of hydrogen-bond acceptors (Lipinski definition) is 9. The number of benzene rings is 4. The first kappa shape index (κ1) is 41.5. The second kappa shape index (κ2) is 18.8. The summed E-state index contributed by atoms with van der Waals surface area (Å²) in [5.74, 6) is -1.84. The molecule has 6 rings (SSSR count). The number of amides is 4. The van der Waals surface area contributed by atoms with E-state index in [0.29, 0.717) is 45.2 Å². The van der Waals surface area contributed by atoms with Gasteiger partial charge in [-0.2, -0.15) is 0 Å². The molecule has 1 aliphatic rings. The Kier molecular flexibility index (Phi) is 13.5. The number of carbonyl (C=O) groups is 5. The SMILES string of the molecule is CCOC(=O)c1c(NC(=O)CSc2cccc(NC(=O)/C(=C\c3ccc(-c4ccccc4)cc3)NC(=O)c3ccccc3)c2)sc2c1CCN(C(=O)OC(C)(C)C)C2. The quantitative estimate of drug-likeness (QED) is 0.0644. The van der Waals surface area contributed by atoms with E-state index in [4.69, 9.17) is 9.47 Å². The Balaban J connectivity index is 1.14. The summed E-state index contributed by atoms with van der Waals surface area (Å²) in [5.41, 5.74) is 4.11. The lowest BCUT2D eigenvalue weighted by molar-refractivity contribution is -0.114. The van der Waals surface area contributed by atoms with Gasteiger partial charge in [0.05, 0.1) is 24.5 Å². The van der Waals surface area contributed by atoms with Crippen molar-refractivity contribution in [3.8, 4) is 11.1 Å². The molecule has 11 nitrogen and oxygen atoms in total. The fourth-order valence-corrected chi connectivity index (χ4v) is 8.10. The lowest BCUT2D eigenvalue weighted by atomic mass is 10.0. The molecule has 4 aromatic carbocycles. The Morgan fingerprint density at radius 3 is 2.22 bits per heavy atom. The van der Waals surface area contributed by atoms with Gasteiger partial charge in [-0.3, -0.25) is 14.4 Å². The minimum Gasteiger partial charge on any atom is -0.462 e. The van der Waals surface area contributed by atoms with Crippen LogP contribution < -0.4 is 16.0 Å². The van der Waals surface area contributed by atoms with E-state index in [1.54, 1.807) is 87.2 Å². The van der Waals surface area contributed by atoms with Crippen molar-refractivity contribution in [3.63, 3.8) is 0 Å². The summed E-state index contributed by atoms with van der Waals surface area (Å²) in [4.78, 5) is 69.2. The van der Waals surface area contributed by atoms with Crippen LogP contribution in [0.2, 0.25) is 0 Å². The number of carbonyl (C=O) groups excluding carboxylic acids is 5. The molecule has 0 atom stereocenters. The summed E-state index contributed by atoms with van der Waals surface area (Å²) in [6.45, 7) is 7.91. The van der Waals surface area contributed by atoms with Gasteiger partial charge in [0, 0.05) is 27.6 Å². The molecule has 0 bridgehead atoms. The number of thioether (sulfide) groups is 1. The first-order valence-corrected chi connectivity index (χ1v) is 20.5. The maximum absolute atomic E-state index is 13.8. The van der Waals surface area contributed by atoms with Crippen LogP contribution in [0.5, 0.6) is 0 Å². The summed E-state index contributed by atoms with van der Waals surface area (Å²) in [6, 6.07) is 33.3. The smallest absolute Gasteiger partial charge is 0.410 e. The summed E-state index contributed by atoms with van der Waals surface area (Å²) in [6.07, 6.45) is 1.59. The van der Waals surface area contributed by atoms with Crippen LogP contribution in [-0.4, -0.2) is 59.2 Å². The molecule has 4 amide bonds. The number of thiophene rings is 1.